The van der Waals surface area contributed by atoms with Gasteiger partial charge in [0.1, 0.15) is 13.2 Å². The molecule has 0 saturated carbocycles. The first-order valence-electron chi connectivity index (χ1n) is 9.73. The third-order valence-electron chi connectivity index (χ3n) is 5.32. The number of rotatable bonds is 5. The second-order valence-electron chi connectivity index (χ2n) is 7.24. The van der Waals surface area contributed by atoms with Crippen molar-refractivity contribution in [2.75, 3.05) is 44.2 Å². The highest BCUT2D eigenvalue weighted by Crippen LogP contribution is 2.37. The molecule has 2 heterocycles. The number of ether oxygens (including phenoxy) is 4. The Kier molecular flexibility index (Phi) is 5.39. The molecule has 0 aromatic heterocycles. The molecule has 0 spiro atoms. The van der Waals surface area contributed by atoms with E-state index in [2.05, 4.69) is 5.32 Å². The number of aryl methyl sites for hydroxylation is 1. The smallest absolute Gasteiger partial charge is 0.229 e. The molecule has 8 nitrogen and oxygen atoms in total. The second-order valence-corrected chi connectivity index (χ2v) is 7.24. The van der Waals surface area contributed by atoms with E-state index in [4.69, 9.17) is 18.9 Å². The summed E-state index contributed by atoms with van der Waals surface area (Å²) in [7, 11) is 3.10. The Morgan fingerprint density at radius 2 is 1.77 bits per heavy atom. The standard InChI is InChI=1S/C22H24N2O6/c1-13-8-18(27-2)19(28-3)11-16(13)23-22(26)14-9-21(25)24(12-14)15-4-5-17-20(10-15)30-7-6-29-17/h4-5,8,10-11,14H,6-7,9,12H2,1-3H3,(H,23,26). The maximum absolute atomic E-state index is 12.9. The fourth-order valence-corrected chi connectivity index (χ4v) is 3.68. The molecular formula is C22H24N2O6. The van der Waals surface area contributed by atoms with E-state index in [-0.39, 0.29) is 18.2 Å². The highest BCUT2D eigenvalue weighted by molar-refractivity contribution is 6.04. The van der Waals surface area contributed by atoms with Gasteiger partial charge >= 0.3 is 0 Å². The highest BCUT2D eigenvalue weighted by atomic mass is 16.6. The number of nitrogens with zero attached hydrogens (tertiary/aromatic N) is 1. The van der Waals surface area contributed by atoms with Gasteiger partial charge in [0.15, 0.2) is 23.0 Å². The molecule has 1 N–H and O–H groups in total. The van der Waals surface area contributed by atoms with Crippen molar-refractivity contribution in [1.29, 1.82) is 0 Å². The van der Waals surface area contributed by atoms with Gasteiger partial charge in [-0.15, -0.1) is 0 Å². The van der Waals surface area contributed by atoms with E-state index in [1.807, 2.05) is 13.0 Å². The summed E-state index contributed by atoms with van der Waals surface area (Å²) in [5, 5.41) is 2.92. The van der Waals surface area contributed by atoms with Crippen molar-refractivity contribution in [1.82, 2.24) is 0 Å². The van der Waals surface area contributed by atoms with Crippen molar-refractivity contribution in [2.45, 2.75) is 13.3 Å². The summed E-state index contributed by atoms with van der Waals surface area (Å²) in [4.78, 5) is 27.1. The fourth-order valence-electron chi connectivity index (χ4n) is 3.68. The zero-order valence-electron chi connectivity index (χ0n) is 17.2. The number of hydrogen-bond donors (Lipinski definition) is 1. The fraction of sp³-hybridized carbons (Fsp3) is 0.364. The van der Waals surface area contributed by atoms with E-state index in [0.717, 1.165) is 5.56 Å². The zero-order valence-corrected chi connectivity index (χ0v) is 17.2. The van der Waals surface area contributed by atoms with Crippen LogP contribution in [0.5, 0.6) is 23.0 Å². The Morgan fingerprint density at radius 1 is 1.07 bits per heavy atom. The van der Waals surface area contributed by atoms with E-state index in [1.54, 1.807) is 43.4 Å². The number of benzene rings is 2. The Balaban J connectivity index is 1.48. The highest BCUT2D eigenvalue weighted by Gasteiger charge is 2.36. The summed E-state index contributed by atoms with van der Waals surface area (Å²) < 4.78 is 21.7. The molecule has 0 radical (unpaired) electrons. The van der Waals surface area contributed by atoms with Gasteiger partial charge in [-0.3, -0.25) is 9.59 Å². The van der Waals surface area contributed by atoms with Gasteiger partial charge in [-0.1, -0.05) is 0 Å². The maximum atomic E-state index is 12.9. The molecule has 1 saturated heterocycles. The molecule has 0 bridgehead atoms. The molecule has 2 amide bonds. The van der Waals surface area contributed by atoms with Crippen LogP contribution in [0.4, 0.5) is 11.4 Å². The van der Waals surface area contributed by atoms with Crippen LogP contribution in [0.25, 0.3) is 0 Å². The molecule has 1 unspecified atom stereocenters. The Hall–Kier alpha value is -3.42. The Labute approximate surface area is 174 Å². The van der Waals surface area contributed by atoms with Gasteiger partial charge < -0.3 is 29.2 Å². The molecule has 2 aromatic rings. The van der Waals surface area contributed by atoms with Crippen LogP contribution in [-0.2, 0) is 9.59 Å². The quantitative estimate of drug-likeness (QED) is 0.813. The summed E-state index contributed by atoms with van der Waals surface area (Å²) in [5.41, 5.74) is 2.17. The Morgan fingerprint density at radius 3 is 2.50 bits per heavy atom. The van der Waals surface area contributed by atoms with Crippen molar-refractivity contribution in [2.24, 2.45) is 5.92 Å². The first kappa shape index (κ1) is 19.9. The van der Waals surface area contributed by atoms with Crippen molar-refractivity contribution in [3.63, 3.8) is 0 Å². The number of fused-ring (bicyclic) bond motifs is 1. The number of amides is 2. The van der Waals surface area contributed by atoms with Crippen LogP contribution in [0.15, 0.2) is 30.3 Å². The largest absolute Gasteiger partial charge is 0.493 e. The second kappa shape index (κ2) is 8.14. The SMILES string of the molecule is COc1cc(C)c(NC(=O)C2CC(=O)N(c3ccc4c(c3)OCCO4)C2)cc1OC. The molecule has 4 rings (SSSR count). The topological polar surface area (TPSA) is 86.3 Å². The van der Waals surface area contributed by atoms with Crippen molar-refractivity contribution in [3.8, 4) is 23.0 Å². The number of anilines is 2. The summed E-state index contributed by atoms with van der Waals surface area (Å²) in [6, 6.07) is 8.91. The number of nitrogens with one attached hydrogen (secondary N) is 1. The molecule has 1 atom stereocenters. The molecule has 0 aliphatic carbocycles. The molecular weight excluding hydrogens is 388 g/mol. The maximum Gasteiger partial charge on any atom is 0.229 e. The lowest BCUT2D eigenvalue weighted by Gasteiger charge is -2.22. The van der Waals surface area contributed by atoms with Gasteiger partial charge in [-0.05, 0) is 30.7 Å². The molecule has 8 heteroatoms. The van der Waals surface area contributed by atoms with Crippen molar-refractivity contribution >= 4 is 23.2 Å². The van der Waals surface area contributed by atoms with Crippen LogP contribution >= 0.6 is 0 Å². The number of carbonyl (C=O) groups is 2. The summed E-state index contributed by atoms with van der Waals surface area (Å²) >= 11 is 0. The lowest BCUT2D eigenvalue weighted by molar-refractivity contribution is -0.122. The van der Waals surface area contributed by atoms with Crippen LogP contribution in [0.1, 0.15) is 12.0 Å². The molecule has 30 heavy (non-hydrogen) atoms. The van der Waals surface area contributed by atoms with Gasteiger partial charge in [-0.25, -0.2) is 0 Å². The number of hydrogen-bond acceptors (Lipinski definition) is 6. The van der Waals surface area contributed by atoms with Crippen molar-refractivity contribution in [3.05, 3.63) is 35.9 Å². The van der Waals surface area contributed by atoms with E-state index in [1.165, 1.54) is 0 Å². The van der Waals surface area contributed by atoms with Gasteiger partial charge in [-0.2, -0.15) is 0 Å². The summed E-state index contributed by atoms with van der Waals surface area (Å²) in [6.45, 7) is 3.16. The monoisotopic (exact) mass is 412 g/mol. The van der Waals surface area contributed by atoms with E-state index in [0.29, 0.717) is 54.1 Å². The lowest BCUT2D eigenvalue weighted by Crippen LogP contribution is -2.28. The van der Waals surface area contributed by atoms with Crippen LogP contribution < -0.4 is 29.2 Å². The third-order valence-corrected chi connectivity index (χ3v) is 5.32. The van der Waals surface area contributed by atoms with Gasteiger partial charge in [0.05, 0.1) is 20.1 Å². The molecule has 2 aliphatic rings. The average Bonchev–Trinajstić information content (AvgIpc) is 3.16. The van der Waals surface area contributed by atoms with Crippen LogP contribution in [0.2, 0.25) is 0 Å². The van der Waals surface area contributed by atoms with Crippen LogP contribution in [0, 0.1) is 12.8 Å². The molecule has 1 fully saturated rings. The zero-order chi connectivity index (χ0) is 21.3. The average molecular weight is 412 g/mol. The van der Waals surface area contributed by atoms with Gasteiger partial charge in [0.2, 0.25) is 11.8 Å². The van der Waals surface area contributed by atoms with Crippen molar-refractivity contribution < 1.29 is 28.5 Å². The minimum atomic E-state index is -0.460. The van der Waals surface area contributed by atoms with E-state index >= 15 is 0 Å². The summed E-state index contributed by atoms with van der Waals surface area (Å²) in [5.74, 6) is 1.62. The Bertz CT molecular complexity index is 990. The normalized spacial score (nSPS) is 17.6. The number of methoxy groups -OCH3 is 2. The predicted molar refractivity (Wildman–Crippen MR) is 111 cm³/mol. The lowest BCUT2D eigenvalue weighted by atomic mass is 10.1. The van der Waals surface area contributed by atoms with E-state index < -0.39 is 5.92 Å². The van der Waals surface area contributed by atoms with Gasteiger partial charge in [0.25, 0.3) is 0 Å². The molecule has 2 aromatic carbocycles. The summed E-state index contributed by atoms with van der Waals surface area (Å²) in [6.07, 6.45) is 0.145. The first-order chi connectivity index (χ1) is 14.5. The first-order valence-corrected chi connectivity index (χ1v) is 9.73. The van der Waals surface area contributed by atoms with Crippen LogP contribution in [0.3, 0.4) is 0 Å². The molecule has 158 valence electrons. The minimum Gasteiger partial charge on any atom is -0.493 e. The van der Waals surface area contributed by atoms with Gasteiger partial charge in [0, 0.05) is 36.5 Å². The van der Waals surface area contributed by atoms with Crippen LogP contribution in [-0.4, -0.2) is 45.8 Å². The minimum absolute atomic E-state index is 0.101. The third kappa shape index (κ3) is 3.72. The predicted octanol–water partition coefficient (Wildman–Crippen LogP) is 2.78. The van der Waals surface area contributed by atoms with E-state index in [9.17, 15) is 9.59 Å². The number of carbonyl (C=O) groups excluding carboxylic acids is 2. The molecule has 2 aliphatic heterocycles.